The van der Waals surface area contributed by atoms with Crippen molar-refractivity contribution in [1.29, 1.82) is 0 Å². The van der Waals surface area contributed by atoms with E-state index in [-0.39, 0.29) is 24.2 Å². The molecular formula is C26H29N3O3. The van der Waals surface area contributed by atoms with Crippen LogP contribution in [0.5, 0.6) is 11.5 Å². The van der Waals surface area contributed by atoms with Crippen LogP contribution in [0.15, 0.2) is 54.6 Å². The molecule has 2 aliphatic heterocycles. The van der Waals surface area contributed by atoms with Gasteiger partial charge in [0.1, 0.15) is 23.7 Å². The maximum atomic E-state index is 13.3. The Morgan fingerprint density at radius 3 is 2.41 bits per heavy atom. The molecule has 1 atom stereocenters. The molecule has 6 heteroatoms. The highest BCUT2D eigenvalue weighted by molar-refractivity contribution is 5.97. The van der Waals surface area contributed by atoms with E-state index in [4.69, 9.17) is 9.47 Å². The van der Waals surface area contributed by atoms with Crippen LogP contribution in [-0.2, 0) is 0 Å². The number of rotatable bonds is 7. The van der Waals surface area contributed by atoms with Crippen molar-refractivity contribution in [2.45, 2.75) is 32.1 Å². The first kappa shape index (κ1) is 20.8. The normalized spacial score (nSPS) is 17.3. The molecule has 166 valence electrons. The molecule has 0 aromatic heterocycles. The Kier molecular flexibility index (Phi) is 5.72. The van der Waals surface area contributed by atoms with Crippen LogP contribution in [0, 0.1) is 6.92 Å². The fraction of sp³-hybridized carbons (Fsp3) is 0.346. The van der Waals surface area contributed by atoms with E-state index in [0.29, 0.717) is 5.56 Å². The third-order valence-electron chi connectivity index (χ3n) is 6.25. The minimum Gasteiger partial charge on any atom is -0.488 e. The maximum absolute atomic E-state index is 13.3. The average Bonchev–Trinajstić information content (AvgIpc) is 2.73. The summed E-state index contributed by atoms with van der Waals surface area (Å²) in [5, 5.41) is 11.9. The minimum atomic E-state index is -0.226. The highest BCUT2D eigenvalue weighted by atomic mass is 16.5. The van der Waals surface area contributed by atoms with Gasteiger partial charge in [-0.15, -0.1) is 0 Å². The number of hydrogen-bond acceptors (Lipinski definition) is 5. The van der Waals surface area contributed by atoms with Gasteiger partial charge >= 0.3 is 0 Å². The average molecular weight is 432 g/mol. The number of benzene rings is 3. The molecule has 0 bridgehead atoms. The van der Waals surface area contributed by atoms with Crippen molar-refractivity contribution in [3.63, 3.8) is 0 Å². The van der Waals surface area contributed by atoms with Crippen LogP contribution in [0.2, 0.25) is 0 Å². The number of carbonyl (C=O) groups excluding carboxylic acids is 1. The summed E-state index contributed by atoms with van der Waals surface area (Å²) >= 11 is 0. The topological polar surface area (TPSA) is 71.6 Å². The first-order valence-electron chi connectivity index (χ1n) is 11.3. The zero-order chi connectivity index (χ0) is 22.1. The molecule has 5 rings (SSSR count). The number of hydrogen-bond donors (Lipinski definition) is 3. The molecule has 3 aromatic rings. The van der Waals surface area contributed by atoms with Crippen molar-refractivity contribution in [3.8, 4) is 11.5 Å². The number of ether oxygens (including phenoxy) is 2. The van der Waals surface area contributed by atoms with Crippen LogP contribution in [0.3, 0.4) is 0 Å². The van der Waals surface area contributed by atoms with E-state index in [9.17, 15) is 4.79 Å². The number of aryl methyl sites for hydroxylation is 1. The fourth-order valence-electron chi connectivity index (χ4n) is 4.15. The van der Waals surface area contributed by atoms with E-state index in [1.54, 1.807) is 0 Å². The second-order valence-corrected chi connectivity index (χ2v) is 8.67. The predicted octanol–water partition coefficient (Wildman–Crippen LogP) is 3.34. The molecule has 3 aromatic carbocycles. The number of amides is 1. The minimum absolute atomic E-state index is 0.114. The second kappa shape index (κ2) is 8.81. The Morgan fingerprint density at radius 2 is 1.69 bits per heavy atom. The van der Waals surface area contributed by atoms with Gasteiger partial charge in [-0.2, -0.15) is 0 Å². The van der Waals surface area contributed by atoms with Gasteiger partial charge in [-0.1, -0.05) is 36.4 Å². The van der Waals surface area contributed by atoms with Gasteiger partial charge in [0.25, 0.3) is 5.91 Å². The Labute approximate surface area is 188 Å². The molecule has 3 N–H and O–H groups in total. The summed E-state index contributed by atoms with van der Waals surface area (Å²) in [6.45, 7) is 7.33. The van der Waals surface area contributed by atoms with Crippen LogP contribution in [0.4, 0.5) is 0 Å². The monoisotopic (exact) mass is 431 g/mol. The number of carbonyl (C=O) groups is 1. The van der Waals surface area contributed by atoms with E-state index in [1.807, 2.05) is 50.2 Å². The standard InChI is InChI=1S/C26H29N3O3/c1-16-7-9-19(31-20-12-27-13-20)11-23(16)26(30)29-17(2)25-22-6-4-3-5-18(22)8-10-24(25)32-21-14-28-15-21/h3-11,17,20-21,27-28H,12-15H2,1-2H3,(H,29,30)/t17-/m1/s1. The van der Waals surface area contributed by atoms with E-state index < -0.39 is 0 Å². The summed E-state index contributed by atoms with van der Waals surface area (Å²) in [7, 11) is 0. The van der Waals surface area contributed by atoms with Gasteiger partial charge < -0.3 is 25.4 Å². The molecule has 32 heavy (non-hydrogen) atoms. The van der Waals surface area contributed by atoms with E-state index in [1.165, 1.54) is 0 Å². The molecule has 0 spiro atoms. The van der Waals surface area contributed by atoms with Crippen molar-refractivity contribution in [2.24, 2.45) is 0 Å². The lowest BCUT2D eigenvalue weighted by Gasteiger charge is -2.30. The molecule has 1 amide bonds. The summed E-state index contributed by atoms with van der Waals surface area (Å²) < 4.78 is 12.2. The van der Waals surface area contributed by atoms with Crippen LogP contribution >= 0.6 is 0 Å². The van der Waals surface area contributed by atoms with Crippen molar-refractivity contribution < 1.29 is 14.3 Å². The van der Waals surface area contributed by atoms with Crippen LogP contribution < -0.4 is 25.4 Å². The Balaban J connectivity index is 1.41. The highest BCUT2D eigenvalue weighted by Gasteiger charge is 2.24. The second-order valence-electron chi connectivity index (χ2n) is 8.67. The summed E-state index contributed by atoms with van der Waals surface area (Å²) in [6.07, 6.45) is 0.332. The molecule has 2 fully saturated rings. The Morgan fingerprint density at radius 1 is 0.969 bits per heavy atom. The van der Waals surface area contributed by atoms with E-state index >= 15 is 0 Å². The molecule has 0 saturated carbocycles. The molecule has 2 saturated heterocycles. The van der Waals surface area contributed by atoms with E-state index in [0.717, 1.165) is 59.6 Å². The van der Waals surface area contributed by atoms with Gasteiger partial charge in [0.05, 0.1) is 6.04 Å². The highest BCUT2D eigenvalue weighted by Crippen LogP contribution is 2.34. The van der Waals surface area contributed by atoms with Gasteiger partial charge in [0, 0.05) is 37.3 Å². The Bertz CT molecular complexity index is 1140. The first-order chi connectivity index (χ1) is 15.6. The van der Waals surface area contributed by atoms with Crippen molar-refractivity contribution >= 4 is 16.7 Å². The van der Waals surface area contributed by atoms with Crippen molar-refractivity contribution in [1.82, 2.24) is 16.0 Å². The smallest absolute Gasteiger partial charge is 0.252 e. The zero-order valence-corrected chi connectivity index (χ0v) is 18.5. The van der Waals surface area contributed by atoms with Crippen LogP contribution in [0.1, 0.15) is 34.5 Å². The third kappa shape index (κ3) is 4.16. The van der Waals surface area contributed by atoms with Gasteiger partial charge in [-0.05, 0) is 48.4 Å². The predicted molar refractivity (Wildman–Crippen MR) is 126 cm³/mol. The fourth-order valence-corrected chi connectivity index (χ4v) is 4.15. The van der Waals surface area contributed by atoms with Gasteiger partial charge in [0.2, 0.25) is 0 Å². The molecule has 0 radical (unpaired) electrons. The largest absolute Gasteiger partial charge is 0.488 e. The lowest BCUT2D eigenvalue weighted by atomic mass is 9.97. The summed E-state index contributed by atoms with van der Waals surface area (Å²) in [5.74, 6) is 1.44. The van der Waals surface area contributed by atoms with E-state index in [2.05, 4.69) is 34.1 Å². The van der Waals surface area contributed by atoms with Crippen molar-refractivity contribution in [2.75, 3.05) is 26.2 Å². The van der Waals surface area contributed by atoms with Crippen LogP contribution in [-0.4, -0.2) is 44.3 Å². The summed E-state index contributed by atoms with van der Waals surface area (Å²) in [6, 6.07) is 17.8. The van der Waals surface area contributed by atoms with Gasteiger partial charge in [-0.3, -0.25) is 4.79 Å². The lowest BCUT2D eigenvalue weighted by molar-refractivity contribution is 0.0936. The lowest BCUT2D eigenvalue weighted by Crippen LogP contribution is -2.50. The molecule has 6 nitrogen and oxygen atoms in total. The number of fused-ring (bicyclic) bond motifs is 1. The summed E-state index contributed by atoms with van der Waals surface area (Å²) in [5.41, 5.74) is 2.56. The first-order valence-corrected chi connectivity index (χ1v) is 11.3. The molecule has 0 unspecified atom stereocenters. The number of nitrogens with one attached hydrogen (secondary N) is 3. The molecule has 2 heterocycles. The van der Waals surface area contributed by atoms with Crippen molar-refractivity contribution in [3.05, 3.63) is 71.3 Å². The quantitative estimate of drug-likeness (QED) is 0.535. The third-order valence-corrected chi connectivity index (χ3v) is 6.25. The SMILES string of the molecule is Cc1ccc(OC2CNC2)cc1C(=O)N[C@H](C)c1c(OC2CNC2)ccc2ccccc12. The Hall–Kier alpha value is -3.09. The molecular weight excluding hydrogens is 402 g/mol. The molecule has 2 aliphatic rings. The summed E-state index contributed by atoms with van der Waals surface area (Å²) in [4.78, 5) is 13.3. The van der Waals surface area contributed by atoms with Gasteiger partial charge in [-0.25, -0.2) is 0 Å². The zero-order valence-electron chi connectivity index (χ0n) is 18.5. The maximum Gasteiger partial charge on any atom is 0.252 e. The van der Waals surface area contributed by atoms with Gasteiger partial charge in [0.15, 0.2) is 0 Å². The van der Waals surface area contributed by atoms with Crippen LogP contribution in [0.25, 0.3) is 10.8 Å². The molecule has 0 aliphatic carbocycles.